The van der Waals surface area contributed by atoms with Crippen LogP contribution in [0.15, 0.2) is 35.9 Å². The molecule has 0 radical (unpaired) electrons. The Morgan fingerprint density at radius 2 is 2.04 bits per heavy atom. The van der Waals surface area contributed by atoms with Crippen LogP contribution in [0.3, 0.4) is 0 Å². The number of thioether (sulfide) groups is 1. The molecule has 1 saturated carbocycles. The number of amides is 1. The quantitative estimate of drug-likeness (QED) is 0.841. The van der Waals surface area contributed by atoms with Gasteiger partial charge in [-0.3, -0.25) is 4.79 Å². The third kappa shape index (κ3) is 4.11. The van der Waals surface area contributed by atoms with Crippen molar-refractivity contribution in [2.45, 2.75) is 42.1 Å². The number of nitrogens with zero attached hydrogens (tertiary/aromatic N) is 3. The Bertz CT molecular complexity index is 701. The first-order chi connectivity index (χ1) is 11.2. The first kappa shape index (κ1) is 15.6. The summed E-state index contributed by atoms with van der Waals surface area (Å²) in [5.41, 5.74) is 0.911. The summed E-state index contributed by atoms with van der Waals surface area (Å²) < 4.78 is 0. The second-order valence-corrected chi connectivity index (χ2v) is 6.78. The van der Waals surface area contributed by atoms with Gasteiger partial charge in [-0.2, -0.15) is 5.26 Å². The molecule has 1 aliphatic rings. The van der Waals surface area contributed by atoms with Crippen LogP contribution < -0.4 is 5.32 Å². The van der Waals surface area contributed by atoms with Gasteiger partial charge in [0.25, 0.3) is 5.91 Å². The van der Waals surface area contributed by atoms with E-state index in [2.05, 4.69) is 20.3 Å². The molecule has 0 aromatic carbocycles. The number of nitriles is 1. The van der Waals surface area contributed by atoms with Crippen molar-refractivity contribution >= 4 is 17.7 Å². The largest absolute Gasteiger partial charge is 0.356 e. The van der Waals surface area contributed by atoms with E-state index in [9.17, 15) is 4.79 Å². The minimum Gasteiger partial charge on any atom is -0.356 e. The van der Waals surface area contributed by atoms with E-state index >= 15 is 0 Å². The molecule has 2 N–H and O–H groups in total. The fourth-order valence-electron chi connectivity index (χ4n) is 2.67. The van der Waals surface area contributed by atoms with Crippen LogP contribution in [0.2, 0.25) is 0 Å². The Morgan fingerprint density at radius 3 is 2.70 bits per heavy atom. The van der Waals surface area contributed by atoms with Crippen molar-refractivity contribution in [3.8, 4) is 6.07 Å². The van der Waals surface area contributed by atoms with Crippen LogP contribution in [0.1, 0.15) is 41.7 Å². The van der Waals surface area contributed by atoms with E-state index in [-0.39, 0.29) is 11.9 Å². The zero-order valence-electron chi connectivity index (χ0n) is 12.5. The number of carbonyl (C=O) groups is 1. The third-order valence-corrected chi connectivity index (χ3v) is 5.11. The Labute approximate surface area is 138 Å². The van der Waals surface area contributed by atoms with E-state index < -0.39 is 0 Å². The summed E-state index contributed by atoms with van der Waals surface area (Å²) in [6, 6.07) is 5.58. The molecule has 118 valence electrons. The first-order valence-electron chi connectivity index (χ1n) is 7.57. The van der Waals surface area contributed by atoms with Crippen molar-refractivity contribution in [2.24, 2.45) is 0 Å². The minimum absolute atomic E-state index is 0.144. The number of carbonyl (C=O) groups excluding carboxylic acids is 1. The average Bonchev–Trinajstić information content (AvgIpc) is 3.07. The van der Waals surface area contributed by atoms with Gasteiger partial charge < -0.3 is 10.3 Å². The Hall–Kier alpha value is -2.33. The number of hydrogen-bond acceptors (Lipinski definition) is 5. The molecule has 0 unspecified atom stereocenters. The summed E-state index contributed by atoms with van der Waals surface area (Å²) >= 11 is 1.71. The summed E-state index contributed by atoms with van der Waals surface area (Å²) in [7, 11) is 0. The van der Waals surface area contributed by atoms with Crippen LogP contribution in [0, 0.1) is 11.3 Å². The molecule has 7 heteroatoms. The van der Waals surface area contributed by atoms with E-state index in [1.165, 1.54) is 0 Å². The normalized spacial score (nSPS) is 20.7. The molecule has 1 fully saturated rings. The van der Waals surface area contributed by atoms with Gasteiger partial charge in [-0.25, -0.2) is 9.97 Å². The molecule has 2 aromatic rings. The average molecular weight is 327 g/mol. The number of hydrogen-bond donors (Lipinski definition) is 2. The molecule has 0 spiro atoms. The zero-order chi connectivity index (χ0) is 16.1. The van der Waals surface area contributed by atoms with Crippen molar-refractivity contribution in [1.29, 1.82) is 5.26 Å². The first-order valence-corrected chi connectivity index (χ1v) is 8.45. The number of nitrogens with one attached hydrogen (secondary N) is 2. The van der Waals surface area contributed by atoms with Gasteiger partial charge in [0, 0.05) is 29.9 Å². The fraction of sp³-hybridized carbons (Fsp3) is 0.375. The predicted octanol–water partition coefficient (Wildman–Crippen LogP) is 2.51. The highest BCUT2D eigenvalue weighted by molar-refractivity contribution is 7.99. The minimum atomic E-state index is -0.144. The molecule has 1 amide bonds. The van der Waals surface area contributed by atoms with Gasteiger partial charge in [-0.1, -0.05) is 11.8 Å². The molecular weight excluding hydrogens is 310 g/mol. The summed E-state index contributed by atoms with van der Waals surface area (Å²) in [6.45, 7) is 0. The number of H-pyrrole nitrogens is 1. The Balaban J connectivity index is 1.47. The number of rotatable bonds is 4. The van der Waals surface area contributed by atoms with Gasteiger partial charge in [0.2, 0.25) is 0 Å². The molecule has 0 atom stereocenters. The van der Waals surface area contributed by atoms with Crippen LogP contribution in [0.25, 0.3) is 0 Å². The van der Waals surface area contributed by atoms with Gasteiger partial charge >= 0.3 is 0 Å². The van der Waals surface area contributed by atoms with Gasteiger partial charge in [-0.15, -0.1) is 0 Å². The van der Waals surface area contributed by atoms with Gasteiger partial charge in [0.15, 0.2) is 5.16 Å². The van der Waals surface area contributed by atoms with Crippen molar-refractivity contribution in [3.63, 3.8) is 0 Å². The van der Waals surface area contributed by atoms with Crippen LogP contribution in [-0.4, -0.2) is 32.2 Å². The lowest BCUT2D eigenvalue weighted by atomic mass is 9.95. The summed E-state index contributed by atoms with van der Waals surface area (Å²) in [5, 5.41) is 13.1. The Kier molecular flexibility index (Phi) is 4.93. The van der Waals surface area contributed by atoms with E-state index in [0.717, 1.165) is 30.8 Å². The summed E-state index contributed by atoms with van der Waals surface area (Å²) in [6.07, 6.45) is 9.01. The molecular formula is C16H17N5OS. The molecule has 6 nitrogen and oxygen atoms in total. The van der Waals surface area contributed by atoms with E-state index in [4.69, 9.17) is 5.26 Å². The molecule has 2 aromatic heterocycles. The predicted molar refractivity (Wildman–Crippen MR) is 86.9 cm³/mol. The van der Waals surface area contributed by atoms with Gasteiger partial charge in [-0.05, 0) is 37.8 Å². The van der Waals surface area contributed by atoms with Crippen molar-refractivity contribution in [2.75, 3.05) is 0 Å². The number of aromatic amines is 1. The maximum Gasteiger partial charge on any atom is 0.267 e. The fourth-order valence-corrected chi connectivity index (χ4v) is 3.72. The van der Waals surface area contributed by atoms with E-state index in [0.29, 0.717) is 16.5 Å². The monoisotopic (exact) mass is 327 g/mol. The maximum absolute atomic E-state index is 12.1. The van der Waals surface area contributed by atoms with Crippen LogP contribution in [-0.2, 0) is 0 Å². The van der Waals surface area contributed by atoms with Crippen molar-refractivity contribution in [1.82, 2.24) is 20.3 Å². The second kappa shape index (κ2) is 7.29. The molecule has 1 aliphatic carbocycles. The second-order valence-electron chi connectivity index (χ2n) is 5.51. The van der Waals surface area contributed by atoms with Crippen molar-refractivity contribution in [3.05, 3.63) is 42.0 Å². The third-order valence-electron chi connectivity index (χ3n) is 3.88. The smallest absolute Gasteiger partial charge is 0.267 e. The molecule has 0 aliphatic heterocycles. The maximum atomic E-state index is 12.1. The molecule has 2 heterocycles. The summed E-state index contributed by atoms with van der Waals surface area (Å²) in [4.78, 5) is 23.5. The molecule has 23 heavy (non-hydrogen) atoms. The highest BCUT2D eigenvalue weighted by Gasteiger charge is 2.24. The zero-order valence-corrected chi connectivity index (χ0v) is 13.3. The molecule has 0 saturated heterocycles. The van der Waals surface area contributed by atoms with Gasteiger partial charge in [0.1, 0.15) is 11.8 Å². The van der Waals surface area contributed by atoms with Gasteiger partial charge in [0.05, 0.1) is 5.56 Å². The molecule has 3 rings (SSSR count). The SMILES string of the molecule is N#Cc1c[nH]c(C(=O)NC2CCC(Sc3ncccn3)CC2)c1. The van der Waals surface area contributed by atoms with E-state index in [1.807, 2.05) is 12.1 Å². The standard InChI is InChI=1S/C16H17N5OS/c17-9-11-8-14(20-10-11)15(22)21-12-2-4-13(5-3-12)23-16-18-6-1-7-19-16/h1,6-8,10,12-13,20H,2-5H2,(H,21,22). The topological polar surface area (TPSA) is 94.5 Å². The lowest BCUT2D eigenvalue weighted by molar-refractivity contribution is 0.0923. The number of aromatic nitrogens is 3. The van der Waals surface area contributed by atoms with Crippen LogP contribution in [0.5, 0.6) is 0 Å². The Morgan fingerprint density at radius 1 is 1.30 bits per heavy atom. The van der Waals surface area contributed by atoms with Crippen LogP contribution in [0.4, 0.5) is 0 Å². The van der Waals surface area contributed by atoms with Crippen molar-refractivity contribution < 1.29 is 4.79 Å². The van der Waals surface area contributed by atoms with Crippen LogP contribution >= 0.6 is 11.8 Å². The molecule has 0 bridgehead atoms. The summed E-state index contributed by atoms with van der Waals surface area (Å²) in [5.74, 6) is -0.144. The lowest BCUT2D eigenvalue weighted by Crippen LogP contribution is -2.38. The lowest BCUT2D eigenvalue weighted by Gasteiger charge is -2.28. The van der Waals surface area contributed by atoms with E-state index in [1.54, 1.807) is 36.4 Å². The highest BCUT2D eigenvalue weighted by atomic mass is 32.2. The highest BCUT2D eigenvalue weighted by Crippen LogP contribution is 2.31.